The Balaban J connectivity index is 2.50. The molecule has 0 radical (unpaired) electrons. The summed E-state index contributed by atoms with van der Waals surface area (Å²) in [6.45, 7) is 4.38. The predicted octanol–water partition coefficient (Wildman–Crippen LogP) is 5.66. The summed E-state index contributed by atoms with van der Waals surface area (Å²) in [6, 6.07) is 6.15. The van der Waals surface area contributed by atoms with E-state index in [1.54, 1.807) is 26.0 Å². The number of amides is 2. The van der Waals surface area contributed by atoms with Crippen molar-refractivity contribution in [2.75, 3.05) is 17.1 Å². The van der Waals surface area contributed by atoms with Crippen molar-refractivity contribution in [3.63, 3.8) is 0 Å². The summed E-state index contributed by atoms with van der Waals surface area (Å²) < 4.78 is 26.1. The lowest BCUT2D eigenvalue weighted by molar-refractivity contribution is -0.139. The van der Waals surface area contributed by atoms with Crippen LogP contribution in [-0.2, 0) is 26.2 Å². The average molecular weight is 604 g/mol. The number of hydrogen-bond donors (Lipinski definition) is 1. The number of hydrogen-bond acceptors (Lipinski definition) is 4. The van der Waals surface area contributed by atoms with Gasteiger partial charge < -0.3 is 10.2 Å². The topological polar surface area (TPSA) is 86.8 Å². The maximum Gasteiger partial charge on any atom is 0.244 e. The largest absolute Gasteiger partial charge is 0.352 e. The predicted molar refractivity (Wildman–Crippen MR) is 143 cm³/mol. The van der Waals surface area contributed by atoms with Crippen LogP contribution in [0.3, 0.4) is 0 Å². The summed E-state index contributed by atoms with van der Waals surface area (Å²) in [5.74, 6) is -1.09. The van der Waals surface area contributed by atoms with Gasteiger partial charge in [0.15, 0.2) is 0 Å². The van der Waals surface area contributed by atoms with E-state index < -0.39 is 34.4 Å². The smallest absolute Gasteiger partial charge is 0.244 e. The molecule has 0 aliphatic heterocycles. The van der Waals surface area contributed by atoms with Crippen molar-refractivity contribution in [3.8, 4) is 0 Å². The Morgan fingerprint density at radius 3 is 2.06 bits per heavy atom. The number of carbonyl (C=O) groups excluding carboxylic acids is 2. The highest BCUT2D eigenvalue weighted by Crippen LogP contribution is 2.35. The van der Waals surface area contributed by atoms with Crippen LogP contribution in [0.4, 0.5) is 5.69 Å². The molecule has 0 unspecified atom stereocenters. The monoisotopic (exact) mass is 601 g/mol. The molecule has 192 valence electrons. The van der Waals surface area contributed by atoms with Gasteiger partial charge in [-0.25, -0.2) is 8.42 Å². The molecule has 1 atom stereocenters. The minimum Gasteiger partial charge on any atom is -0.352 e. The summed E-state index contributed by atoms with van der Waals surface area (Å²) in [5, 5.41) is 3.61. The van der Waals surface area contributed by atoms with Crippen molar-refractivity contribution >= 4 is 85.5 Å². The highest BCUT2D eigenvalue weighted by molar-refractivity contribution is 7.92. The molecule has 0 saturated carbocycles. The van der Waals surface area contributed by atoms with Crippen molar-refractivity contribution in [1.29, 1.82) is 0 Å². The number of benzene rings is 2. The third kappa shape index (κ3) is 8.03. The van der Waals surface area contributed by atoms with Gasteiger partial charge in [-0.2, -0.15) is 0 Å². The molecule has 0 aromatic heterocycles. The van der Waals surface area contributed by atoms with Crippen molar-refractivity contribution in [3.05, 3.63) is 61.0 Å². The first-order chi connectivity index (χ1) is 16.1. The summed E-state index contributed by atoms with van der Waals surface area (Å²) in [4.78, 5) is 27.5. The quantitative estimate of drug-likeness (QED) is 0.375. The maximum absolute atomic E-state index is 13.5. The van der Waals surface area contributed by atoms with Crippen LogP contribution in [0.5, 0.6) is 0 Å². The molecule has 0 saturated heterocycles. The number of nitrogens with one attached hydrogen (secondary N) is 1. The van der Waals surface area contributed by atoms with E-state index in [4.69, 9.17) is 58.0 Å². The van der Waals surface area contributed by atoms with Crippen LogP contribution in [0.15, 0.2) is 30.3 Å². The van der Waals surface area contributed by atoms with Crippen LogP contribution in [0, 0.1) is 0 Å². The molecule has 0 aliphatic rings. The molecule has 0 aliphatic carbocycles. The molecule has 2 amide bonds. The van der Waals surface area contributed by atoms with E-state index in [0.717, 1.165) is 10.6 Å². The maximum atomic E-state index is 13.5. The number of rotatable bonds is 9. The van der Waals surface area contributed by atoms with Gasteiger partial charge in [0.2, 0.25) is 21.8 Å². The van der Waals surface area contributed by atoms with Crippen LogP contribution in [0.25, 0.3) is 0 Å². The Kier molecular flexibility index (Phi) is 10.4. The highest BCUT2D eigenvalue weighted by atomic mass is 35.5. The Morgan fingerprint density at radius 2 is 1.51 bits per heavy atom. The molecule has 0 bridgehead atoms. The average Bonchev–Trinajstić information content (AvgIpc) is 2.72. The highest BCUT2D eigenvalue weighted by Gasteiger charge is 2.31. The Morgan fingerprint density at radius 1 is 0.914 bits per heavy atom. The van der Waals surface area contributed by atoms with Crippen LogP contribution in [-0.4, -0.2) is 50.0 Å². The normalized spacial score (nSPS) is 12.4. The third-order valence-electron chi connectivity index (χ3n) is 4.89. The van der Waals surface area contributed by atoms with Gasteiger partial charge in [-0.1, -0.05) is 64.1 Å². The molecule has 2 aromatic carbocycles. The molecule has 7 nitrogen and oxygen atoms in total. The van der Waals surface area contributed by atoms with E-state index in [1.165, 1.54) is 30.0 Å². The second kappa shape index (κ2) is 12.2. The van der Waals surface area contributed by atoms with E-state index in [0.29, 0.717) is 15.6 Å². The van der Waals surface area contributed by atoms with Crippen molar-refractivity contribution < 1.29 is 18.0 Å². The van der Waals surface area contributed by atoms with E-state index in [2.05, 4.69) is 5.32 Å². The van der Waals surface area contributed by atoms with Gasteiger partial charge in [0.05, 0.1) is 27.0 Å². The van der Waals surface area contributed by atoms with Gasteiger partial charge in [-0.15, -0.1) is 0 Å². The summed E-state index contributed by atoms with van der Waals surface area (Å²) in [7, 11) is -3.99. The molecule has 1 N–H and O–H groups in total. The zero-order valence-electron chi connectivity index (χ0n) is 19.3. The van der Waals surface area contributed by atoms with Crippen molar-refractivity contribution in [2.45, 2.75) is 39.4 Å². The van der Waals surface area contributed by atoms with E-state index in [1.807, 2.05) is 0 Å². The van der Waals surface area contributed by atoms with Gasteiger partial charge in [0.25, 0.3) is 0 Å². The van der Waals surface area contributed by atoms with Crippen LogP contribution in [0.2, 0.25) is 25.1 Å². The molecule has 35 heavy (non-hydrogen) atoms. The van der Waals surface area contributed by atoms with E-state index >= 15 is 0 Å². The van der Waals surface area contributed by atoms with Gasteiger partial charge in [-0.05, 0) is 50.6 Å². The van der Waals surface area contributed by atoms with Crippen LogP contribution < -0.4 is 9.62 Å². The number of carbonyl (C=O) groups is 2. The fourth-order valence-corrected chi connectivity index (χ4v) is 5.13. The van der Waals surface area contributed by atoms with Gasteiger partial charge in [-0.3, -0.25) is 13.9 Å². The summed E-state index contributed by atoms with van der Waals surface area (Å²) in [6.07, 6.45) is 0.925. The molecular weight excluding hydrogens is 580 g/mol. The van der Waals surface area contributed by atoms with E-state index in [9.17, 15) is 18.0 Å². The third-order valence-corrected chi connectivity index (χ3v) is 7.63. The number of sulfonamides is 1. The fraction of sp³-hybridized carbons (Fsp3) is 0.364. The molecule has 0 fully saturated rings. The fourth-order valence-electron chi connectivity index (χ4n) is 3.12. The SMILES string of the molecule is CC(C)NC(=O)[C@@H](C)N(Cc1ccc(Cl)cc1Cl)C(=O)CN(c1cc(Cl)c(Cl)cc1Cl)S(C)(=O)=O. The zero-order chi connectivity index (χ0) is 26.7. The lowest BCUT2D eigenvalue weighted by Gasteiger charge is -2.32. The van der Waals surface area contributed by atoms with Crippen LogP contribution >= 0.6 is 58.0 Å². The molecular formula is C22H24Cl5N3O4S. The van der Waals surface area contributed by atoms with Gasteiger partial charge in [0, 0.05) is 22.6 Å². The second-order valence-electron chi connectivity index (χ2n) is 8.08. The van der Waals surface area contributed by atoms with Crippen LogP contribution in [0.1, 0.15) is 26.3 Å². The zero-order valence-corrected chi connectivity index (χ0v) is 23.9. The minimum atomic E-state index is -3.99. The summed E-state index contributed by atoms with van der Waals surface area (Å²) in [5.41, 5.74) is 0.493. The van der Waals surface area contributed by atoms with Gasteiger partial charge >= 0.3 is 0 Å². The number of anilines is 1. The minimum absolute atomic E-state index is 0.0180. The number of nitrogens with zero attached hydrogens (tertiary/aromatic N) is 2. The molecule has 2 rings (SSSR count). The molecule has 0 spiro atoms. The first kappa shape index (κ1) is 29.8. The Hall–Kier alpha value is -1.42. The Bertz CT molecular complexity index is 1220. The molecule has 13 heteroatoms. The molecule has 0 heterocycles. The summed E-state index contributed by atoms with van der Waals surface area (Å²) >= 11 is 30.6. The van der Waals surface area contributed by atoms with Gasteiger partial charge in [0.1, 0.15) is 12.6 Å². The second-order valence-corrected chi connectivity index (χ2v) is 12.1. The van der Waals surface area contributed by atoms with Crippen molar-refractivity contribution in [2.24, 2.45) is 0 Å². The first-order valence-corrected chi connectivity index (χ1v) is 14.0. The van der Waals surface area contributed by atoms with E-state index in [-0.39, 0.29) is 33.3 Å². The lowest BCUT2D eigenvalue weighted by Crippen LogP contribution is -2.52. The standard InChI is InChI=1S/C22H24Cl5N3O4S/c1-12(2)28-22(32)13(3)29(10-14-5-6-15(23)7-16(14)24)21(31)11-30(35(4,33)34)20-9-18(26)17(25)8-19(20)27/h5-9,12-13H,10-11H2,1-4H3,(H,28,32)/t13-/m1/s1. The Labute approximate surface area is 230 Å². The number of halogens is 5. The molecule has 2 aromatic rings. The first-order valence-electron chi connectivity index (χ1n) is 10.3. The van der Waals surface area contributed by atoms with Crippen molar-refractivity contribution in [1.82, 2.24) is 10.2 Å². The lowest BCUT2D eigenvalue weighted by atomic mass is 10.1.